The molecule has 1 heterocycles. The van der Waals surface area contributed by atoms with E-state index in [1.807, 2.05) is 32.0 Å². The fourth-order valence-corrected chi connectivity index (χ4v) is 3.67. The molecule has 1 saturated carbocycles. The molecule has 144 valence electrons. The number of rotatable bonds is 6. The van der Waals surface area contributed by atoms with E-state index in [1.54, 1.807) is 0 Å². The predicted molar refractivity (Wildman–Crippen MR) is 103 cm³/mol. The van der Waals surface area contributed by atoms with Gasteiger partial charge in [0.2, 0.25) is 11.8 Å². The van der Waals surface area contributed by atoms with Crippen LogP contribution in [0.1, 0.15) is 43.2 Å². The molecule has 27 heavy (non-hydrogen) atoms. The summed E-state index contributed by atoms with van der Waals surface area (Å²) < 4.78 is 5.65. The van der Waals surface area contributed by atoms with Gasteiger partial charge in [0.05, 0.1) is 0 Å². The minimum absolute atomic E-state index is 0.189. The summed E-state index contributed by atoms with van der Waals surface area (Å²) in [5.41, 5.74) is 3.24. The van der Waals surface area contributed by atoms with Crippen LogP contribution in [0.25, 0.3) is 11.5 Å². The van der Waals surface area contributed by atoms with Gasteiger partial charge < -0.3 is 9.73 Å². The molecule has 1 fully saturated rings. The number of urea groups is 1. The lowest BCUT2D eigenvalue weighted by molar-refractivity contribution is -0.119. The Bertz CT molecular complexity index is 815. The number of thioether (sulfide) groups is 1. The summed E-state index contributed by atoms with van der Waals surface area (Å²) in [5, 5.41) is 13.7. The summed E-state index contributed by atoms with van der Waals surface area (Å²) in [6, 6.07) is 5.75. The molecular formula is C19H24N4O3S. The molecule has 8 heteroatoms. The topological polar surface area (TPSA) is 97.1 Å². The van der Waals surface area contributed by atoms with Crippen LogP contribution in [-0.4, -0.2) is 33.9 Å². The van der Waals surface area contributed by atoms with Gasteiger partial charge in [-0.3, -0.25) is 10.1 Å². The van der Waals surface area contributed by atoms with Gasteiger partial charge in [-0.1, -0.05) is 30.7 Å². The zero-order valence-electron chi connectivity index (χ0n) is 15.6. The van der Waals surface area contributed by atoms with Crippen molar-refractivity contribution in [3.05, 3.63) is 29.3 Å². The SMILES string of the molecule is Cc1ccc(-c2nnc(SCCC(=O)NC(=O)NC3CCCC3)o2)cc1C. The molecule has 0 radical (unpaired) electrons. The second-order valence-corrected chi connectivity index (χ2v) is 7.82. The van der Waals surface area contributed by atoms with E-state index in [1.165, 1.54) is 17.3 Å². The van der Waals surface area contributed by atoms with E-state index in [0.29, 0.717) is 16.9 Å². The summed E-state index contributed by atoms with van der Waals surface area (Å²) in [6.07, 6.45) is 4.42. The second-order valence-electron chi connectivity index (χ2n) is 6.77. The molecule has 2 N–H and O–H groups in total. The van der Waals surface area contributed by atoms with E-state index in [0.717, 1.165) is 36.8 Å². The van der Waals surface area contributed by atoms with Crippen LogP contribution < -0.4 is 10.6 Å². The number of benzene rings is 1. The Morgan fingerprint density at radius 3 is 2.70 bits per heavy atom. The molecule has 0 saturated heterocycles. The third kappa shape index (κ3) is 5.56. The fraction of sp³-hybridized carbons (Fsp3) is 0.474. The number of aromatic nitrogens is 2. The number of hydrogen-bond acceptors (Lipinski definition) is 6. The molecule has 2 aromatic rings. The van der Waals surface area contributed by atoms with Crippen molar-refractivity contribution in [2.24, 2.45) is 0 Å². The van der Waals surface area contributed by atoms with Crippen LogP contribution in [0.3, 0.4) is 0 Å². The molecule has 7 nitrogen and oxygen atoms in total. The van der Waals surface area contributed by atoms with Crippen LogP contribution in [0.15, 0.2) is 27.8 Å². The molecule has 1 aromatic heterocycles. The van der Waals surface area contributed by atoms with Gasteiger partial charge in [0.25, 0.3) is 5.22 Å². The zero-order valence-corrected chi connectivity index (χ0v) is 16.4. The highest BCUT2D eigenvalue weighted by Gasteiger charge is 2.18. The molecule has 0 bridgehead atoms. The quantitative estimate of drug-likeness (QED) is 0.734. The van der Waals surface area contributed by atoms with Crippen LogP contribution in [0.4, 0.5) is 4.79 Å². The number of imide groups is 1. The van der Waals surface area contributed by atoms with Crippen molar-refractivity contribution in [2.75, 3.05) is 5.75 Å². The van der Waals surface area contributed by atoms with Crippen LogP contribution in [0.2, 0.25) is 0 Å². The lowest BCUT2D eigenvalue weighted by atomic mass is 10.1. The number of carbonyl (C=O) groups excluding carboxylic acids is 2. The van der Waals surface area contributed by atoms with Gasteiger partial charge in [-0.15, -0.1) is 10.2 Å². The van der Waals surface area contributed by atoms with Gasteiger partial charge in [0, 0.05) is 23.8 Å². The molecule has 0 unspecified atom stereocenters. The van der Waals surface area contributed by atoms with E-state index in [9.17, 15) is 9.59 Å². The summed E-state index contributed by atoms with van der Waals surface area (Å²) in [7, 11) is 0. The third-order valence-electron chi connectivity index (χ3n) is 4.66. The highest BCUT2D eigenvalue weighted by Crippen LogP contribution is 2.25. The maximum absolute atomic E-state index is 11.9. The molecule has 1 aromatic carbocycles. The summed E-state index contributed by atoms with van der Waals surface area (Å²) in [5.74, 6) is 0.602. The number of amides is 3. The Kier molecular flexibility index (Phi) is 6.49. The maximum Gasteiger partial charge on any atom is 0.321 e. The lowest BCUT2D eigenvalue weighted by Gasteiger charge is -2.11. The number of nitrogens with zero attached hydrogens (tertiary/aromatic N) is 2. The number of hydrogen-bond donors (Lipinski definition) is 2. The van der Waals surface area contributed by atoms with Gasteiger partial charge >= 0.3 is 6.03 Å². The Morgan fingerprint density at radius 1 is 1.19 bits per heavy atom. The van der Waals surface area contributed by atoms with Crippen LogP contribution >= 0.6 is 11.8 Å². The van der Waals surface area contributed by atoms with Gasteiger partial charge in [-0.25, -0.2) is 4.79 Å². The minimum Gasteiger partial charge on any atom is -0.411 e. The molecule has 0 atom stereocenters. The van der Waals surface area contributed by atoms with Crippen LogP contribution in [0, 0.1) is 13.8 Å². The van der Waals surface area contributed by atoms with Gasteiger partial charge in [-0.05, 0) is 49.9 Å². The van der Waals surface area contributed by atoms with Gasteiger partial charge in [0.15, 0.2) is 0 Å². The Morgan fingerprint density at radius 2 is 1.96 bits per heavy atom. The highest BCUT2D eigenvalue weighted by molar-refractivity contribution is 7.99. The van der Waals surface area contributed by atoms with E-state index >= 15 is 0 Å². The van der Waals surface area contributed by atoms with Crippen molar-refractivity contribution in [3.8, 4) is 11.5 Å². The molecule has 3 amide bonds. The molecule has 3 rings (SSSR count). The Hall–Kier alpha value is -2.35. The normalized spacial score (nSPS) is 14.3. The predicted octanol–water partition coefficient (Wildman–Crippen LogP) is 3.60. The third-order valence-corrected chi connectivity index (χ3v) is 5.48. The van der Waals surface area contributed by atoms with Gasteiger partial charge in [-0.2, -0.15) is 0 Å². The summed E-state index contributed by atoms with van der Waals surface area (Å²) >= 11 is 1.30. The Labute approximate surface area is 162 Å². The number of carbonyl (C=O) groups is 2. The smallest absolute Gasteiger partial charge is 0.321 e. The highest BCUT2D eigenvalue weighted by atomic mass is 32.2. The van der Waals surface area contributed by atoms with Crippen molar-refractivity contribution >= 4 is 23.7 Å². The van der Waals surface area contributed by atoms with Crippen molar-refractivity contribution in [2.45, 2.75) is 57.2 Å². The molecule has 1 aliphatic rings. The second kappa shape index (κ2) is 9.03. The standard InChI is InChI=1S/C19H24N4O3S/c1-12-7-8-14(11-13(12)2)17-22-23-19(26-17)27-10-9-16(24)21-18(25)20-15-5-3-4-6-15/h7-8,11,15H,3-6,9-10H2,1-2H3,(H2,20,21,24,25). The van der Waals surface area contributed by atoms with Crippen molar-refractivity contribution in [1.29, 1.82) is 0 Å². The monoisotopic (exact) mass is 388 g/mol. The van der Waals surface area contributed by atoms with Crippen LogP contribution in [0.5, 0.6) is 0 Å². The molecule has 1 aliphatic carbocycles. The maximum atomic E-state index is 11.9. The van der Waals surface area contributed by atoms with E-state index in [2.05, 4.69) is 20.8 Å². The largest absolute Gasteiger partial charge is 0.411 e. The molecule has 0 aliphatic heterocycles. The first-order valence-electron chi connectivity index (χ1n) is 9.15. The van der Waals surface area contributed by atoms with Crippen molar-refractivity contribution < 1.29 is 14.0 Å². The Balaban J connectivity index is 1.42. The minimum atomic E-state index is -0.410. The van der Waals surface area contributed by atoms with Crippen LogP contribution in [-0.2, 0) is 4.79 Å². The first-order chi connectivity index (χ1) is 13.0. The number of nitrogens with one attached hydrogen (secondary N) is 2. The average Bonchev–Trinajstić information content (AvgIpc) is 3.29. The van der Waals surface area contributed by atoms with E-state index in [-0.39, 0.29) is 18.4 Å². The molecule has 0 spiro atoms. The zero-order chi connectivity index (χ0) is 19.2. The van der Waals surface area contributed by atoms with E-state index < -0.39 is 6.03 Å². The number of aryl methyl sites for hydroxylation is 2. The van der Waals surface area contributed by atoms with Crippen molar-refractivity contribution in [3.63, 3.8) is 0 Å². The van der Waals surface area contributed by atoms with Crippen molar-refractivity contribution in [1.82, 2.24) is 20.8 Å². The fourth-order valence-electron chi connectivity index (χ4n) is 2.97. The first kappa shape index (κ1) is 19.4. The average molecular weight is 388 g/mol. The first-order valence-corrected chi connectivity index (χ1v) is 10.1. The summed E-state index contributed by atoms with van der Waals surface area (Å²) in [4.78, 5) is 23.6. The summed E-state index contributed by atoms with van der Waals surface area (Å²) in [6.45, 7) is 4.08. The van der Waals surface area contributed by atoms with Gasteiger partial charge in [0.1, 0.15) is 0 Å². The molecular weight excluding hydrogens is 364 g/mol. The lowest BCUT2D eigenvalue weighted by Crippen LogP contribution is -2.43. The van der Waals surface area contributed by atoms with E-state index in [4.69, 9.17) is 4.42 Å².